The molecule has 5 N–H and O–H groups in total. The summed E-state index contributed by atoms with van der Waals surface area (Å²) >= 11 is 0. The van der Waals surface area contributed by atoms with Crippen LogP contribution in [0, 0.1) is 0 Å². The first-order chi connectivity index (χ1) is 5.59. The lowest BCUT2D eigenvalue weighted by Crippen LogP contribution is -2.21. The summed E-state index contributed by atoms with van der Waals surface area (Å²) in [5, 5.41) is 26.8. The molecule has 1 unspecified atom stereocenters. The number of rotatable bonds is 2. The smallest absolute Gasteiger partial charge is 0.157 e. The number of phenols is 2. The van der Waals surface area contributed by atoms with Crippen LogP contribution in [0.15, 0.2) is 18.2 Å². The number of phenolic OH excluding ortho intramolecular Hbond substituents is 2. The van der Waals surface area contributed by atoms with E-state index < -0.39 is 6.23 Å². The molecule has 13 heavy (non-hydrogen) atoms. The Hall–Kier alpha value is -0.970. The summed E-state index contributed by atoms with van der Waals surface area (Å²) in [7, 11) is 0. The molecule has 1 aromatic carbocycles. The van der Waals surface area contributed by atoms with Crippen molar-refractivity contribution in [1.82, 2.24) is 0 Å². The number of aromatic hydroxyl groups is 2. The summed E-state index contributed by atoms with van der Waals surface area (Å²) in [6.45, 7) is 0. The van der Waals surface area contributed by atoms with Crippen LogP contribution >= 0.6 is 12.4 Å². The van der Waals surface area contributed by atoms with Gasteiger partial charge in [0.15, 0.2) is 11.5 Å². The third kappa shape index (κ3) is 3.50. The number of hydrogen-bond acceptors (Lipinski definition) is 4. The molecule has 0 spiro atoms. The molecule has 74 valence electrons. The van der Waals surface area contributed by atoms with Crippen molar-refractivity contribution in [3.63, 3.8) is 0 Å². The lowest BCUT2D eigenvalue weighted by atomic mass is 10.1. The molecule has 1 rings (SSSR count). The Balaban J connectivity index is 0.00000144. The zero-order chi connectivity index (χ0) is 9.14. The van der Waals surface area contributed by atoms with Crippen LogP contribution in [0.2, 0.25) is 0 Å². The topological polar surface area (TPSA) is 86.7 Å². The molecule has 0 aliphatic rings. The van der Waals surface area contributed by atoms with Crippen molar-refractivity contribution in [2.45, 2.75) is 12.6 Å². The van der Waals surface area contributed by atoms with Gasteiger partial charge < -0.3 is 21.1 Å². The molecule has 0 amide bonds. The lowest BCUT2D eigenvalue weighted by molar-refractivity contribution is 0.183. The summed E-state index contributed by atoms with van der Waals surface area (Å²) in [4.78, 5) is 0. The minimum atomic E-state index is -0.936. The van der Waals surface area contributed by atoms with Crippen LogP contribution in [-0.4, -0.2) is 21.5 Å². The van der Waals surface area contributed by atoms with Gasteiger partial charge in [-0.1, -0.05) is 6.07 Å². The van der Waals surface area contributed by atoms with Gasteiger partial charge in [0, 0.05) is 6.42 Å². The summed E-state index contributed by atoms with van der Waals surface area (Å²) in [5.74, 6) is -0.376. The van der Waals surface area contributed by atoms with Crippen molar-refractivity contribution in [2.24, 2.45) is 5.73 Å². The highest BCUT2D eigenvalue weighted by molar-refractivity contribution is 5.85. The van der Waals surface area contributed by atoms with Gasteiger partial charge in [-0.15, -0.1) is 12.4 Å². The molecule has 5 heteroatoms. The van der Waals surface area contributed by atoms with Crippen LogP contribution in [-0.2, 0) is 6.42 Å². The van der Waals surface area contributed by atoms with Crippen molar-refractivity contribution >= 4 is 12.4 Å². The monoisotopic (exact) mass is 205 g/mol. The van der Waals surface area contributed by atoms with E-state index in [2.05, 4.69) is 0 Å². The third-order valence-corrected chi connectivity index (χ3v) is 1.48. The van der Waals surface area contributed by atoms with E-state index in [-0.39, 0.29) is 30.3 Å². The maximum atomic E-state index is 9.04. The number of benzene rings is 1. The Kier molecular flexibility index (Phi) is 4.55. The molecule has 0 fully saturated rings. The standard InChI is InChI=1S/C8H11NO3.ClH/c9-8(12)4-5-1-2-6(10)7(11)3-5;/h1-3,8,10-12H,4,9H2;1H. The van der Waals surface area contributed by atoms with Gasteiger partial charge in [0.2, 0.25) is 0 Å². The van der Waals surface area contributed by atoms with Gasteiger partial charge in [0.25, 0.3) is 0 Å². The number of halogens is 1. The molecule has 1 atom stereocenters. The maximum Gasteiger partial charge on any atom is 0.157 e. The number of aliphatic hydroxyl groups is 1. The second kappa shape index (κ2) is 4.91. The fourth-order valence-corrected chi connectivity index (χ4v) is 0.937. The van der Waals surface area contributed by atoms with E-state index in [1.807, 2.05) is 0 Å². The van der Waals surface area contributed by atoms with Crippen molar-refractivity contribution < 1.29 is 15.3 Å². The average molecular weight is 206 g/mol. The molecule has 0 saturated heterocycles. The molecule has 0 aliphatic heterocycles. The van der Waals surface area contributed by atoms with Gasteiger partial charge in [0.1, 0.15) is 6.23 Å². The normalized spacial score (nSPS) is 11.8. The van der Waals surface area contributed by atoms with E-state index in [1.165, 1.54) is 12.1 Å². The zero-order valence-corrected chi connectivity index (χ0v) is 7.66. The van der Waals surface area contributed by atoms with E-state index in [9.17, 15) is 0 Å². The van der Waals surface area contributed by atoms with Gasteiger partial charge in [-0.25, -0.2) is 0 Å². The highest BCUT2D eigenvalue weighted by atomic mass is 35.5. The first-order valence-corrected chi connectivity index (χ1v) is 3.54. The second-order valence-corrected chi connectivity index (χ2v) is 2.59. The molecule has 0 bridgehead atoms. The molecule has 1 aromatic rings. The molecule has 0 saturated carbocycles. The molecular weight excluding hydrogens is 194 g/mol. The van der Waals surface area contributed by atoms with Gasteiger partial charge in [-0.2, -0.15) is 0 Å². The Bertz CT molecular complexity index is 278. The fraction of sp³-hybridized carbons (Fsp3) is 0.250. The van der Waals surface area contributed by atoms with E-state index in [0.29, 0.717) is 5.56 Å². The van der Waals surface area contributed by atoms with Gasteiger partial charge in [0.05, 0.1) is 0 Å². The van der Waals surface area contributed by atoms with Crippen LogP contribution < -0.4 is 5.73 Å². The molecule has 0 aliphatic carbocycles. The molecule has 0 heterocycles. The molecule has 0 aromatic heterocycles. The summed E-state index contributed by atoms with van der Waals surface area (Å²) in [6, 6.07) is 4.31. The Labute approximate surface area is 82.0 Å². The maximum absolute atomic E-state index is 9.04. The average Bonchev–Trinajstić information content (AvgIpc) is 1.96. The predicted octanol–water partition coefficient (Wildman–Crippen LogP) is 0.339. The highest BCUT2D eigenvalue weighted by Gasteiger charge is 2.02. The fourth-order valence-electron chi connectivity index (χ4n) is 0.937. The van der Waals surface area contributed by atoms with Crippen LogP contribution in [0.3, 0.4) is 0 Å². The largest absolute Gasteiger partial charge is 0.504 e. The Morgan fingerprint density at radius 3 is 2.31 bits per heavy atom. The van der Waals surface area contributed by atoms with Gasteiger partial charge >= 0.3 is 0 Å². The quantitative estimate of drug-likeness (QED) is 0.414. The first-order valence-electron chi connectivity index (χ1n) is 3.54. The third-order valence-electron chi connectivity index (χ3n) is 1.48. The summed E-state index contributed by atoms with van der Waals surface area (Å²) < 4.78 is 0. The molecule has 0 radical (unpaired) electrons. The summed E-state index contributed by atoms with van der Waals surface area (Å²) in [6.07, 6.45) is -0.678. The number of hydrogen-bond donors (Lipinski definition) is 4. The van der Waals surface area contributed by atoms with Crippen molar-refractivity contribution in [1.29, 1.82) is 0 Å². The van der Waals surface area contributed by atoms with Gasteiger partial charge in [-0.05, 0) is 17.7 Å². The highest BCUT2D eigenvalue weighted by Crippen LogP contribution is 2.24. The van der Waals surface area contributed by atoms with Crippen molar-refractivity contribution in [3.8, 4) is 11.5 Å². The Morgan fingerprint density at radius 1 is 1.23 bits per heavy atom. The lowest BCUT2D eigenvalue weighted by Gasteiger charge is -2.05. The zero-order valence-electron chi connectivity index (χ0n) is 6.84. The van der Waals surface area contributed by atoms with E-state index >= 15 is 0 Å². The first kappa shape index (κ1) is 12.0. The number of aliphatic hydroxyl groups excluding tert-OH is 1. The SMILES string of the molecule is Cl.NC(O)Cc1ccc(O)c(O)c1. The van der Waals surface area contributed by atoms with Gasteiger partial charge in [-0.3, -0.25) is 0 Å². The molecule has 4 nitrogen and oxygen atoms in total. The summed E-state index contributed by atoms with van der Waals surface area (Å²) in [5.41, 5.74) is 5.80. The van der Waals surface area contributed by atoms with E-state index in [0.717, 1.165) is 0 Å². The number of nitrogens with two attached hydrogens (primary N) is 1. The van der Waals surface area contributed by atoms with Crippen molar-refractivity contribution in [3.05, 3.63) is 23.8 Å². The van der Waals surface area contributed by atoms with Crippen LogP contribution in [0.1, 0.15) is 5.56 Å². The second-order valence-electron chi connectivity index (χ2n) is 2.59. The molecular formula is C8H12ClNO3. The van der Waals surface area contributed by atoms with E-state index in [1.54, 1.807) is 6.07 Å². The Morgan fingerprint density at radius 2 is 1.85 bits per heavy atom. The van der Waals surface area contributed by atoms with Crippen LogP contribution in [0.5, 0.6) is 11.5 Å². The van der Waals surface area contributed by atoms with Crippen LogP contribution in [0.4, 0.5) is 0 Å². The minimum absolute atomic E-state index is 0. The minimum Gasteiger partial charge on any atom is -0.504 e. The van der Waals surface area contributed by atoms with E-state index in [4.69, 9.17) is 21.1 Å². The van der Waals surface area contributed by atoms with Crippen LogP contribution in [0.25, 0.3) is 0 Å². The predicted molar refractivity (Wildman–Crippen MR) is 50.9 cm³/mol. The van der Waals surface area contributed by atoms with Crippen molar-refractivity contribution in [2.75, 3.05) is 0 Å².